The fourth-order valence-corrected chi connectivity index (χ4v) is 3.61. The molecule has 0 unspecified atom stereocenters. The van der Waals surface area contributed by atoms with Crippen LogP contribution in [0.3, 0.4) is 0 Å². The maximum atomic E-state index is 12.6. The number of phenols is 1. The molecule has 0 saturated heterocycles. The average Bonchev–Trinajstić information content (AvgIpc) is 2.94. The Morgan fingerprint density at radius 2 is 1.78 bits per heavy atom. The first-order valence-electron chi connectivity index (χ1n) is 12.0. The molecule has 0 aliphatic rings. The SMILES string of the molecule is Nc1nc(=O)c2nc(CNc3ccc(C(=O)N[C@@H](CCC(=O)OC(=O)c4ccccc4O)C(=O)O)cc3)cnc2[nH]1. The third kappa shape index (κ3) is 7.17. The molecule has 2 aromatic carbocycles. The molecule has 2 heterocycles. The second-order valence-electron chi connectivity index (χ2n) is 8.60. The van der Waals surface area contributed by atoms with Crippen molar-refractivity contribution in [1.29, 1.82) is 0 Å². The highest BCUT2D eigenvalue weighted by Gasteiger charge is 2.24. The second-order valence-corrected chi connectivity index (χ2v) is 8.60. The highest BCUT2D eigenvalue weighted by atomic mass is 16.6. The summed E-state index contributed by atoms with van der Waals surface area (Å²) in [6.07, 6.45) is 0.632. The van der Waals surface area contributed by atoms with Gasteiger partial charge in [-0.3, -0.25) is 14.4 Å². The van der Waals surface area contributed by atoms with Crippen molar-refractivity contribution in [2.75, 3.05) is 11.1 Å². The highest BCUT2D eigenvalue weighted by Crippen LogP contribution is 2.17. The van der Waals surface area contributed by atoms with E-state index in [2.05, 4.69) is 35.3 Å². The number of nitrogens with zero attached hydrogens (tertiary/aromatic N) is 3. The first-order valence-corrected chi connectivity index (χ1v) is 12.0. The number of carboxylic acids is 1. The summed E-state index contributed by atoms with van der Waals surface area (Å²) in [5, 5.41) is 24.6. The van der Waals surface area contributed by atoms with Gasteiger partial charge in [0.05, 0.1) is 18.4 Å². The summed E-state index contributed by atoms with van der Waals surface area (Å²) < 4.78 is 4.65. The number of amides is 1. The van der Waals surface area contributed by atoms with Crippen molar-refractivity contribution >= 4 is 46.6 Å². The van der Waals surface area contributed by atoms with E-state index < -0.39 is 41.8 Å². The summed E-state index contributed by atoms with van der Waals surface area (Å²) in [4.78, 5) is 74.9. The minimum atomic E-state index is -1.44. The molecular weight excluding hydrogens is 538 g/mol. The van der Waals surface area contributed by atoms with E-state index in [0.717, 1.165) is 0 Å². The number of carboxylic acid groups (broad SMARTS) is 1. The number of hydrogen-bond acceptors (Lipinski definition) is 12. The number of aliphatic carboxylic acids is 1. The third-order valence-electron chi connectivity index (χ3n) is 5.69. The summed E-state index contributed by atoms with van der Waals surface area (Å²) in [6, 6.07) is 10.1. The Hall–Kier alpha value is -5.86. The standard InChI is InChI=1S/C26H23N7O8/c27-26-32-21-20(23(37)33-26)30-15(12-29-21)11-28-14-7-5-13(6-8-14)22(36)31-17(24(38)39)9-10-19(35)41-25(40)16-3-1-2-4-18(16)34/h1-8,12,17,28,34H,9-11H2,(H,31,36)(H,38,39)(H3,27,29,32,33,37)/t17-/m0/s1. The minimum Gasteiger partial charge on any atom is -0.507 e. The Morgan fingerprint density at radius 1 is 1.05 bits per heavy atom. The lowest BCUT2D eigenvalue weighted by atomic mass is 10.1. The summed E-state index contributed by atoms with van der Waals surface area (Å²) in [5.74, 6) is -4.62. The number of aromatic nitrogens is 4. The van der Waals surface area contributed by atoms with Crippen molar-refractivity contribution in [2.24, 2.45) is 0 Å². The number of aromatic amines is 1. The Balaban J connectivity index is 1.30. The van der Waals surface area contributed by atoms with Crippen LogP contribution in [0.25, 0.3) is 11.2 Å². The van der Waals surface area contributed by atoms with Crippen LogP contribution in [0.2, 0.25) is 0 Å². The maximum Gasteiger partial charge on any atom is 0.349 e. The normalized spacial score (nSPS) is 11.4. The largest absolute Gasteiger partial charge is 0.507 e. The zero-order valence-electron chi connectivity index (χ0n) is 21.2. The van der Waals surface area contributed by atoms with Crippen LogP contribution < -0.4 is 21.9 Å². The van der Waals surface area contributed by atoms with Crippen LogP contribution in [0, 0.1) is 0 Å². The lowest BCUT2D eigenvalue weighted by Gasteiger charge is -2.14. The molecule has 0 radical (unpaired) electrons. The molecule has 1 atom stereocenters. The summed E-state index contributed by atoms with van der Waals surface area (Å²) >= 11 is 0. The van der Waals surface area contributed by atoms with E-state index in [1.807, 2.05) is 0 Å². The fourth-order valence-electron chi connectivity index (χ4n) is 3.61. The molecular formula is C26H23N7O8. The van der Waals surface area contributed by atoms with Crippen molar-refractivity contribution in [3.05, 3.63) is 81.9 Å². The molecule has 1 amide bonds. The molecule has 0 aliphatic carbocycles. The zero-order valence-corrected chi connectivity index (χ0v) is 21.2. The number of carbonyl (C=O) groups is 4. The molecule has 15 heteroatoms. The molecule has 0 aliphatic heterocycles. The topological polar surface area (TPSA) is 240 Å². The van der Waals surface area contributed by atoms with Crippen LogP contribution in [0.4, 0.5) is 11.6 Å². The number of carbonyl (C=O) groups excluding carboxylic acids is 3. The molecule has 2 aromatic heterocycles. The van der Waals surface area contributed by atoms with Crippen LogP contribution in [0.1, 0.15) is 39.3 Å². The number of nitrogens with one attached hydrogen (secondary N) is 3. The molecule has 4 aromatic rings. The van der Waals surface area contributed by atoms with E-state index in [-0.39, 0.29) is 47.0 Å². The number of H-pyrrole nitrogens is 1. The number of benzene rings is 2. The first kappa shape index (κ1) is 28.2. The van der Waals surface area contributed by atoms with Crippen LogP contribution in [-0.4, -0.2) is 60.0 Å². The number of aromatic hydroxyl groups is 1. The van der Waals surface area contributed by atoms with Gasteiger partial charge in [0.15, 0.2) is 11.2 Å². The highest BCUT2D eigenvalue weighted by molar-refractivity contribution is 5.99. The number of hydrogen-bond donors (Lipinski definition) is 6. The molecule has 7 N–H and O–H groups in total. The van der Waals surface area contributed by atoms with Gasteiger partial charge in [0.25, 0.3) is 5.91 Å². The maximum absolute atomic E-state index is 12.6. The van der Waals surface area contributed by atoms with Gasteiger partial charge in [0, 0.05) is 17.7 Å². The quantitative estimate of drug-likeness (QED) is 0.117. The number of esters is 2. The van der Waals surface area contributed by atoms with E-state index in [9.17, 15) is 34.2 Å². The number of anilines is 2. The van der Waals surface area contributed by atoms with Gasteiger partial charge in [-0.15, -0.1) is 0 Å². The van der Waals surface area contributed by atoms with Crippen LogP contribution >= 0.6 is 0 Å². The van der Waals surface area contributed by atoms with Crippen molar-refractivity contribution in [2.45, 2.75) is 25.4 Å². The van der Waals surface area contributed by atoms with Crippen molar-refractivity contribution in [3.8, 4) is 5.75 Å². The number of nitrogen functional groups attached to an aromatic ring is 1. The third-order valence-corrected chi connectivity index (χ3v) is 5.69. The summed E-state index contributed by atoms with van der Waals surface area (Å²) in [7, 11) is 0. The van der Waals surface area contributed by atoms with Crippen LogP contribution in [0.5, 0.6) is 5.75 Å². The smallest absolute Gasteiger partial charge is 0.349 e. The fraction of sp³-hybridized carbons (Fsp3) is 0.154. The van der Waals surface area contributed by atoms with Gasteiger partial charge in [0.2, 0.25) is 5.95 Å². The summed E-state index contributed by atoms with van der Waals surface area (Å²) in [5.41, 5.74) is 6.10. The molecule has 0 fully saturated rings. The summed E-state index contributed by atoms with van der Waals surface area (Å²) in [6.45, 7) is 0.196. The zero-order chi connectivity index (χ0) is 29.5. The number of phenolic OH excluding ortho intramolecular Hbond substituents is 1. The van der Waals surface area contributed by atoms with Gasteiger partial charge in [-0.25, -0.2) is 19.6 Å². The van der Waals surface area contributed by atoms with Gasteiger partial charge in [-0.2, -0.15) is 4.98 Å². The van der Waals surface area contributed by atoms with E-state index in [0.29, 0.717) is 11.4 Å². The van der Waals surface area contributed by atoms with Gasteiger partial charge >= 0.3 is 23.5 Å². The van der Waals surface area contributed by atoms with Crippen LogP contribution in [-0.2, 0) is 20.9 Å². The van der Waals surface area contributed by atoms with Gasteiger partial charge in [0.1, 0.15) is 17.4 Å². The Labute approximate surface area is 230 Å². The molecule has 0 spiro atoms. The molecule has 4 rings (SSSR count). The van der Waals surface area contributed by atoms with E-state index in [4.69, 9.17) is 5.73 Å². The number of rotatable bonds is 10. The van der Waals surface area contributed by atoms with Crippen LogP contribution in [0.15, 0.2) is 59.5 Å². The predicted octanol–water partition coefficient (Wildman–Crippen LogP) is 0.960. The first-order chi connectivity index (χ1) is 19.6. The second kappa shape index (κ2) is 12.3. The van der Waals surface area contributed by atoms with Crippen molar-refractivity contribution < 1.29 is 34.1 Å². The lowest BCUT2D eigenvalue weighted by molar-refractivity contribution is -0.140. The average molecular weight is 562 g/mol. The number of para-hydroxylation sites is 1. The van der Waals surface area contributed by atoms with E-state index in [1.165, 1.54) is 42.6 Å². The number of nitrogens with two attached hydrogens (primary N) is 1. The number of ether oxygens (including phenoxy) is 1. The molecule has 15 nitrogen and oxygen atoms in total. The van der Waals surface area contributed by atoms with Crippen molar-refractivity contribution in [1.82, 2.24) is 25.3 Å². The van der Waals surface area contributed by atoms with Gasteiger partial charge in [-0.05, 0) is 42.8 Å². The van der Waals surface area contributed by atoms with Crippen molar-refractivity contribution in [3.63, 3.8) is 0 Å². The Bertz CT molecular complexity index is 1690. The lowest BCUT2D eigenvalue weighted by Crippen LogP contribution is -2.41. The minimum absolute atomic E-state index is 0.0360. The number of fused-ring (bicyclic) bond motifs is 1. The van der Waals surface area contributed by atoms with Gasteiger partial charge < -0.3 is 36.3 Å². The molecule has 210 valence electrons. The molecule has 0 saturated carbocycles. The van der Waals surface area contributed by atoms with Gasteiger partial charge in [-0.1, -0.05) is 12.1 Å². The Morgan fingerprint density at radius 3 is 2.49 bits per heavy atom. The monoisotopic (exact) mass is 561 g/mol. The molecule has 0 bridgehead atoms. The Kier molecular flexibility index (Phi) is 8.47. The van der Waals surface area contributed by atoms with E-state index >= 15 is 0 Å². The predicted molar refractivity (Wildman–Crippen MR) is 143 cm³/mol. The van der Waals surface area contributed by atoms with E-state index in [1.54, 1.807) is 12.1 Å². The molecule has 41 heavy (non-hydrogen) atoms.